The molecule has 0 aliphatic carbocycles. The summed E-state index contributed by atoms with van der Waals surface area (Å²) < 4.78 is 38.6. The maximum atomic E-state index is 10.9. The van der Waals surface area contributed by atoms with Gasteiger partial charge in [0.2, 0.25) is 0 Å². The summed E-state index contributed by atoms with van der Waals surface area (Å²) in [5, 5.41) is 0. The average molecular weight is 355 g/mol. The van der Waals surface area contributed by atoms with Crippen molar-refractivity contribution in [2.24, 2.45) is 0 Å². The first-order valence-corrected chi connectivity index (χ1v) is 9.02. The number of para-hydroxylation sites is 1. The second-order valence-corrected chi connectivity index (χ2v) is 7.29. The number of nitrogens with zero attached hydrogens (tertiary/aromatic N) is 1. The van der Waals surface area contributed by atoms with E-state index in [1.807, 2.05) is 55.1 Å². The van der Waals surface area contributed by atoms with E-state index in [9.17, 15) is 13.0 Å². The number of fused-ring (bicyclic) bond motifs is 2. The van der Waals surface area contributed by atoms with Gasteiger partial charge in [-0.15, -0.1) is 0 Å². The molecule has 2 aromatic rings. The second-order valence-electron chi connectivity index (χ2n) is 5.76. The summed E-state index contributed by atoms with van der Waals surface area (Å²) in [7, 11) is -4.20. The van der Waals surface area contributed by atoms with Crippen molar-refractivity contribution in [3.8, 4) is 11.5 Å². The smallest absolute Gasteiger partial charge is 0.748 e. The topological polar surface area (TPSA) is 69.7 Å². The van der Waals surface area contributed by atoms with Gasteiger partial charge in [-0.2, -0.15) is 0 Å². The molecule has 0 atom stereocenters. The van der Waals surface area contributed by atoms with Crippen LogP contribution in [0, 0.1) is 13.8 Å². The van der Waals surface area contributed by atoms with Crippen LogP contribution in [-0.4, -0.2) is 25.3 Å². The quantitative estimate of drug-likeness (QED) is 0.590. The van der Waals surface area contributed by atoms with E-state index in [1.165, 1.54) is 0 Å². The number of ether oxygens (including phenoxy) is 1. The van der Waals surface area contributed by atoms with Crippen molar-refractivity contribution in [2.75, 3.05) is 17.2 Å². The van der Waals surface area contributed by atoms with Gasteiger partial charge in [-0.05, 0) is 49.6 Å². The molecule has 1 aliphatic rings. The predicted octanol–water partition coefficient (Wildman–Crippen LogP) is 0.487. The SMILES string of the molecule is Cc1ccc2c(c1)Oc1c(C)cccc1N2CCCS(=O)(=O)[O-].[Na+]. The molecule has 7 heteroatoms. The molecule has 1 aliphatic heterocycles. The van der Waals surface area contributed by atoms with E-state index < -0.39 is 10.1 Å². The number of rotatable bonds is 4. The fourth-order valence-corrected chi connectivity index (χ4v) is 3.27. The molecule has 0 bridgehead atoms. The van der Waals surface area contributed by atoms with E-state index >= 15 is 0 Å². The molecular formula is C17H18NNaO4S. The Labute approximate surface area is 164 Å². The first-order valence-electron chi connectivity index (χ1n) is 7.44. The molecule has 0 fully saturated rings. The van der Waals surface area contributed by atoms with Crippen molar-refractivity contribution in [1.29, 1.82) is 0 Å². The predicted molar refractivity (Wildman–Crippen MR) is 88.6 cm³/mol. The minimum absolute atomic E-state index is 0. The molecule has 0 spiro atoms. The zero-order valence-electron chi connectivity index (χ0n) is 14.1. The van der Waals surface area contributed by atoms with Gasteiger partial charge in [0.1, 0.15) is 0 Å². The standard InChI is InChI=1S/C17H19NO4S.Na/c1-12-7-8-14-16(11-12)22-17-13(2)5-3-6-15(17)18(14)9-4-10-23(19,20)21;/h3,5-8,11H,4,9-10H2,1-2H3,(H,19,20,21);/q;+1/p-1. The van der Waals surface area contributed by atoms with Gasteiger partial charge in [0, 0.05) is 12.3 Å². The summed E-state index contributed by atoms with van der Waals surface area (Å²) in [5.41, 5.74) is 3.88. The number of aryl methyl sites for hydroxylation is 2. The molecule has 24 heavy (non-hydrogen) atoms. The molecular weight excluding hydrogens is 337 g/mol. The first-order chi connectivity index (χ1) is 10.8. The molecule has 0 radical (unpaired) electrons. The van der Waals surface area contributed by atoms with Gasteiger partial charge in [-0.1, -0.05) is 18.2 Å². The number of anilines is 2. The van der Waals surface area contributed by atoms with Gasteiger partial charge in [0.25, 0.3) is 0 Å². The molecule has 5 nitrogen and oxygen atoms in total. The summed E-state index contributed by atoms with van der Waals surface area (Å²) >= 11 is 0. The van der Waals surface area contributed by atoms with Crippen LogP contribution >= 0.6 is 0 Å². The fourth-order valence-electron chi connectivity index (χ4n) is 2.79. The van der Waals surface area contributed by atoms with Crippen LogP contribution in [0.15, 0.2) is 36.4 Å². The van der Waals surface area contributed by atoms with Crippen LogP contribution in [0.2, 0.25) is 0 Å². The second kappa shape index (κ2) is 7.45. The van der Waals surface area contributed by atoms with Gasteiger partial charge in [-0.3, -0.25) is 0 Å². The van der Waals surface area contributed by atoms with Crippen molar-refractivity contribution in [3.05, 3.63) is 47.5 Å². The summed E-state index contributed by atoms with van der Waals surface area (Å²) in [4.78, 5) is 2.02. The van der Waals surface area contributed by atoms with Gasteiger partial charge in [-0.25, -0.2) is 8.42 Å². The summed E-state index contributed by atoms with van der Waals surface area (Å²) in [6, 6.07) is 11.8. The summed E-state index contributed by atoms with van der Waals surface area (Å²) in [6.07, 6.45) is 0.270. The Hall–Kier alpha value is -1.05. The fraction of sp³-hybridized carbons (Fsp3) is 0.294. The summed E-state index contributed by atoms with van der Waals surface area (Å²) in [6.45, 7) is 4.41. The zero-order chi connectivity index (χ0) is 16.6. The minimum Gasteiger partial charge on any atom is -0.748 e. The van der Waals surface area contributed by atoms with Gasteiger partial charge in [0.05, 0.1) is 21.5 Å². The number of benzene rings is 2. The minimum atomic E-state index is -4.20. The summed E-state index contributed by atoms with van der Waals surface area (Å²) in [5.74, 6) is 1.15. The molecule has 0 unspecified atom stereocenters. The van der Waals surface area contributed by atoms with Crippen LogP contribution in [0.25, 0.3) is 0 Å². The van der Waals surface area contributed by atoms with E-state index in [2.05, 4.69) is 0 Å². The largest absolute Gasteiger partial charge is 1.00 e. The maximum absolute atomic E-state index is 10.9. The molecule has 2 aromatic carbocycles. The third-order valence-electron chi connectivity index (χ3n) is 3.88. The molecule has 0 aromatic heterocycles. The van der Waals surface area contributed by atoms with Crippen molar-refractivity contribution in [2.45, 2.75) is 20.3 Å². The molecule has 0 saturated heterocycles. The van der Waals surface area contributed by atoms with E-state index in [0.29, 0.717) is 6.54 Å². The van der Waals surface area contributed by atoms with Crippen molar-refractivity contribution in [3.63, 3.8) is 0 Å². The Balaban J connectivity index is 0.00000208. The normalized spacial score (nSPS) is 12.7. The van der Waals surface area contributed by atoms with E-state index in [1.54, 1.807) is 0 Å². The van der Waals surface area contributed by atoms with E-state index in [0.717, 1.165) is 34.0 Å². The van der Waals surface area contributed by atoms with Gasteiger partial charge in [0.15, 0.2) is 11.5 Å². The Kier molecular flexibility index (Phi) is 5.99. The molecule has 122 valence electrons. The van der Waals surface area contributed by atoms with Crippen LogP contribution in [0.1, 0.15) is 17.5 Å². The van der Waals surface area contributed by atoms with Crippen molar-refractivity contribution >= 4 is 21.5 Å². The molecule has 0 amide bonds. The number of hydrogen-bond donors (Lipinski definition) is 0. The molecule has 3 rings (SSSR count). The van der Waals surface area contributed by atoms with Crippen molar-refractivity contribution in [1.82, 2.24) is 0 Å². The van der Waals surface area contributed by atoms with E-state index in [-0.39, 0.29) is 41.7 Å². The molecule has 0 N–H and O–H groups in total. The third kappa shape index (κ3) is 4.13. The number of hydrogen-bond acceptors (Lipinski definition) is 5. The van der Waals surface area contributed by atoms with Crippen LogP contribution < -0.4 is 39.2 Å². The zero-order valence-corrected chi connectivity index (χ0v) is 16.9. The Bertz CT molecular complexity index is 852. The van der Waals surface area contributed by atoms with Gasteiger partial charge < -0.3 is 14.2 Å². The van der Waals surface area contributed by atoms with Crippen LogP contribution in [0.3, 0.4) is 0 Å². The van der Waals surface area contributed by atoms with Crippen LogP contribution in [-0.2, 0) is 10.1 Å². The van der Waals surface area contributed by atoms with E-state index in [4.69, 9.17) is 4.74 Å². The van der Waals surface area contributed by atoms with Crippen molar-refractivity contribution < 1.29 is 47.3 Å². The monoisotopic (exact) mass is 355 g/mol. The third-order valence-corrected chi connectivity index (χ3v) is 4.66. The van der Waals surface area contributed by atoms with Crippen LogP contribution in [0.4, 0.5) is 11.4 Å². The maximum Gasteiger partial charge on any atom is 1.00 e. The Morgan fingerprint density at radius 3 is 2.58 bits per heavy atom. The molecule has 1 heterocycles. The van der Waals surface area contributed by atoms with Crippen LogP contribution in [0.5, 0.6) is 11.5 Å². The molecule has 0 saturated carbocycles. The Morgan fingerprint density at radius 1 is 1.12 bits per heavy atom. The average Bonchev–Trinajstić information content (AvgIpc) is 2.46. The Morgan fingerprint density at radius 2 is 1.88 bits per heavy atom. The first kappa shape index (κ1) is 19.3. The van der Waals surface area contributed by atoms with Gasteiger partial charge >= 0.3 is 29.6 Å².